The molecule has 0 amide bonds. The average Bonchev–Trinajstić information content (AvgIpc) is 3.16. The van der Waals surface area contributed by atoms with Gasteiger partial charge >= 0.3 is 0 Å². The van der Waals surface area contributed by atoms with Crippen LogP contribution in [-0.4, -0.2) is 29.5 Å². The molecule has 0 radical (unpaired) electrons. The molecule has 164 valence electrons. The van der Waals surface area contributed by atoms with E-state index < -0.39 is 32.7 Å². The maximum Gasteiger partial charge on any atom is 0.265 e. The Morgan fingerprint density at radius 1 is 1.09 bits per heavy atom. The highest BCUT2D eigenvalue weighted by Gasteiger charge is 2.22. The highest BCUT2D eigenvalue weighted by atomic mass is 35.5. The van der Waals surface area contributed by atoms with Gasteiger partial charge in [-0.05, 0) is 48.0 Å². The van der Waals surface area contributed by atoms with Crippen molar-refractivity contribution >= 4 is 61.1 Å². The van der Waals surface area contributed by atoms with Crippen LogP contribution in [0.15, 0.2) is 63.9 Å². The van der Waals surface area contributed by atoms with Crippen molar-refractivity contribution in [3.8, 4) is 5.69 Å². The molecular formula is C21H13Cl2FN2O4S2. The van der Waals surface area contributed by atoms with E-state index in [1.807, 2.05) is 0 Å². The lowest BCUT2D eigenvalue weighted by molar-refractivity contribution is -0.116. The Morgan fingerprint density at radius 3 is 2.56 bits per heavy atom. The number of thiophene rings is 1. The summed E-state index contributed by atoms with van der Waals surface area (Å²) in [5.74, 6) is -2.07. The summed E-state index contributed by atoms with van der Waals surface area (Å²) in [5, 5.41) is 0.584. The summed E-state index contributed by atoms with van der Waals surface area (Å²) in [6.45, 7) is 0. The van der Waals surface area contributed by atoms with Crippen molar-refractivity contribution in [3.63, 3.8) is 0 Å². The van der Waals surface area contributed by atoms with Crippen LogP contribution in [0.3, 0.4) is 0 Å². The minimum absolute atomic E-state index is 0.000612. The number of rotatable bonds is 6. The Morgan fingerprint density at radius 2 is 1.88 bits per heavy atom. The number of Topliss-reactive ketones (excluding diaryl/α,β-unsaturated/α-hetero) is 1. The number of benzene rings is 2. The van der Waals surface area contributed by atoms with Gasteiger partial charge in [-0.25, -0.2) is 17.8 Å². The first kappa shape index (κ1) is 22.6. The van der Waals surface area contributed by atoms with Crippen molar-refractivity contribution in [2.24, 2.45) is 0 Å². The molecule has 0 aliphatic rings. The van der Waals surface area contributed by atoms with E-state index in [4.69, 9.17) is 23.2 Å². The van der Waals surface area contributed by atoms with Gasteiger partial charge in [0.2, 0.25) is 0 Å². The molecule has 4 aromatic rings. The first-order valence-electron chi connectivity index (χ1n) is 9.09. The van der Waals surface area contributed by atoms with Gasteiger partial charge in [-0.1, -0.05) is 29.3 Å². The van der Waals surface area contributed by atoms with E-state index in [0.717, 1.165) is 22.0 Å². The van der Waals surface area contributed by atoms with E-state index in [-0.39, 0.29) is 27.3 Å². The summed E-state index contributed by atoms with van der Waals surface area (Å²) in [4.78, 5) is 29.2. The molecule has 2 aromatic heterocycles. The maximum absolute atomic E-state index is 14.8. The number of hydrogen-bond donors (Lipinski definition) is 0. The molecule has 0 unspecified atom stereocenters. The number of aromatic nitrogens is 2. The quantitative estimate of drug-likeness (QED) is 0.381. The normalized spacial score (nSPS) is 11.7. The number of carbonyl (C=O) groups is 1. The molecule has 0 atom stereocenters. The van der Waals surface area contributed by atoms with E-state index in [0.29, 0.717) is 14.9 Å². The van der Waals surface area contributed by atoms with Crippen LogP contribution in [0.25, 0.3) is 16.6 Å². The van der Waals surface area contributed by atoms with Gasteiger partial charge in [0, 0.05) is 11.4 Å². The number of carbonyl (C=O) groups excluding carboxylic acids is 1. The Labute approximate surface area is 195 Å². The second kappa shape index (κ2) is 8.74. The van der Waals surface area contributed by atoms with Gasteiger partial charge in [0.1, 0.15) is 22.1 Å². The van der Waals surface area contributed by atoms with E-state index in [9.17, 15) is 22.4 Å². The summed E-state index contributed by atoms with van der Waals surface area (Å²) in [6, 6.07) is 11.3. The first-order chi connectivity index (χ1) is 15.1. The predicted octanol–water partition coefficient (Wildman–Crippen LogP) is 4.48. The van der Waals surface area contributed by atoms with Gasteiger partial charge in [0.25, 0.3) is 5.56 Å². The van der Waals surface area contributed by atoms with Crippen LogP contribution in [-0.2, 0) is 21.1 Å². The number of halogens is 3. The fraction of sp³-hybridized carbons (Fsp3) is 0.0952. The second-order valence-corrected chi connectivity index (χ2v) is 11.3. The maximum atomic E-state index is 14.8. The predicted molar refractivity (Wildman–Crippen MR) is 122 cm³/mol. The van der Waals surface area contributed by atoms with Gasteiger partial charge in [0.05, 0.1) is 20.9 Å². The lowest BCUT2D eigenvalue weighted by Crippen LogP contribution is -2.20. The van der Waals surface area contributed by atoms with E-state index in [1.54, 1.807) is 12.1 Å². The smallest absolute Gasteiger partial charge is 0.265 e. The Kier molecular flexibility index (Phi) is 6.17. The molecule has 6 nitrogen and oxygen atoms in total. The van der Waals surface area contributed by atoms with Crippen molar-refractivity contribution in [1.82, 2.24) is 9.55 Å². The molecule has 0 spiro atoms. The van der Waals surface area contributed by atoms with Gasteiger partial charge in [-0.2, -0.15) is 0 Å². The highest BCUT2D eigenvalue weighted by molar-refractivity contribution is 7.94. The molecule has 0 saturated heterocycles. The number of hydrogen-bond acceptors (Lipinski definition) is 6. The summed E-state index contributed by atoms with van der Waals surface area (Å²) >= 11 is 12.6. The van der Waals surface area contributed by atoms with Gasteiger partial charge in [0.15, 0.2) is 15.6 Å². The van der Waals surface area contributed by atoms with Crippen molar-refractivity contribution in [2.75, 3.05) is 5.75 Å². The van der Waals surface area contributed by atoms with E-state index in [2.05, 4.69) is 4.98 Å². The van der Waals surface area contributed by atoms with E-state index >= 15 is 0 Å². The molecule has 0 aliphatic heterocycles. The van der Waals surface area contributed by atoms with E-state index in [1.165, 1.54) is 36.7 Å². The standard InChI is InChI=1S/C21H13Cl2FN2O4S2/c22-13-2-3-17-15(9-13)21(28)26(11-25-17)18-4-1-12(8-16(18)24)7-14(27)10-32(29,30)20-6-5-19(23)31-20/h1-6,8-9,11H,7,10H2. The third-order valence-corrected chi connectivity index (χ3v) is 8.32. The monoisotopic (exact) mass is 510 g/mol. The number of fused-ring (bicyclic) bond motifs is 1. The molecule has 2 heterocycles. The Hall–Kier alpha value is -2.59. The van der Waals surface area contributed by atoms with Gasteiger partial charge in [-0.15, -0.1) is 11.3 Å². The summed E-state index contributed by atoms with van der Waals surface area (Å²) < 4.78 is 40.8. The molecule has 2 aromatic carbocycles. The van der Waals surface area contributed by atoms with Crippen LogP contribution in [0.1, 0.15) is 5.56 Å². The van der Waals surface area contributed by atoms with Crippen molar-refractivity contribution in [2.45, 2.75) is 10.6 Å². The minimum atomic E-state index is -3.82. The fourth-order valence-electron chi connectivity index (χ4n) is 3.15. The third-order valence-electron chi connectivity index (χ3n) is 4.60. The molecule has 0 aliphatic carbocycles. The van der Waals surface area contributed by atoms with Crippen LogP contribution >= 0.6 is 34.5 Å². The summed E-state index contributed by atoms with van der Waals surface area (Å²) in [6.07, 6.45) is 0.927. The third kappa shape index (κ3) is 4.61. The van der Waals surface area contributed by atoms with Gasteiger partial charge in [-0.3, -0.25) is 14.2 Å². The molecule has 11 heteroatoms. The lowest BCUT2D eigenvalue weighted by atomic mass is 10.1. The van der Waals surface area contributed by atoms with Crippen molar-refractivity contribution < 1.29 is 17.6 Å². The van der Waals surface area contributed by atoms with Crippen LogP contribution in [0.4, 0.5) is 4.39 Å². The lowest BCUT2D eigenvalue weighted by Gasteiger charge is -2.09. The molecule has 0 saturated carbocycles. The zero-order valence-corrected chi connectivity index (χ0v) is 19.2. The van der Waals surface area contributed by atoms with Gasteiger partial charge < -0.3 is 0 Å². The topological polar surface area (TPSA) is 86.1 Å². The van der Waals surface area contributed by atoms with Crippen LogP contribution in [0.2, 0.25) is 9.36 Å². The fourth-order valence-corrected chi connectivity index (χ4v) is 6.13. The van der Waals surface area contributed by atoms with Crippen LogP contribution in [0, 0.1) is 5.82 Å². The van der Waals surface area contributed by atoms with Crippen molar-refractivity contribution in [1.29, 1.82) is 0 Å². The molecule has 32 heavy (non-hydrogen) atoms. The molecular weight excluding hydrogens is 498 g/mol. The highest BCUT2D eigenvalue weighted by Crippen LogP contribution is 2.26. The molecule has 0 N–H and O–H groups in total. The minimum Gasteiger partial charge on any atom is -0.298 e. The van der Waals surface area contributed by atoms with Crippen LogP contribution < -0.4 is 5.56 Å². The second-order valence-electron chi connectivity index (χ2n) is 6.90. The molecule has 4 rings (SSSR count). The first-order valence-corrected chi connectivity index (χ1v) is 12.3. The van der Waals surface area contributed by atoms with Crippen LogP contribution in [0.5, 0.6) is 0 Å². The number of sulfone groups is 1. The summed E-state index contributed by atoms with van der Waals surface area (Å²) in [7, 11) is -3.82. The Balaban J connectivity index is 1.58. The SMILES string of the molecule is O=C(Cc1ccc(-n2cnc3ccc(Cl)cc3c2=O)c(F)c1)CS(=O)(=O)c1ccc(Cl)s1. The zero-order valence-electron chi connectivity index (χ0n) is 16.1. The number of ketones is 1. The molecule has 0 fully saturated rings. The van der Waals surface area contributed by atoms with Crippen molar-refractivity contribution in [3.05, 3.63) is 86.0 Å². The average molecular weight is 511 g/mol. The zero-order chi connectivity index (χ0) is 23.0. The largest absolute Gasteiger partial charge is 0.298 e. The number of nitrogens with zero attached hydrogens (tertiary/aromatic N) is 2. The summed E-state index contributed by atoms with van der Waals surface area (Å²) in [5.41, 5.74) is 0.148. The Bertz CT molecular complexity index is 1530. The molecule has 0 bridgehead atoms.